The van der Waals surface area contributed by atoms with Gasteiger partial charge in [-0.1, -0.05) is 18.2 Å². The van der Waals surface area contributed by atoms with Gasteiger partial charge in [-0.05, 0) is 24.5 Å². The van der Waals surface area contributed by atoms with E-state index in [9.17, 15) is 9.59 Å². The minimum absolute atomic E-state index is 0.0994. The van der Waals surface area contributed by atoms with Crippen LogP contribution in [-0.2, 0) is 4.79 Å². The second-order valence-corrected chi connectivity index (χ2v) is 6.98. The molecule has 2 aliphatic heterocycles. The number of rotatable bonds is 4. The van der Waals surface area contributed by atoms with Crippen LogP contribution in [0.25, 0.3) is 0 Å². The highest BCUT2D eigenvalue weighted by atomic mass is 32.2. The summed E-state index contributed by atoms with van der Waals surface area (Å²) >= 11 is 1.80. The lowest BCUT2D eigenvalue weighted by Crippen LogP contribution is -2.42. The number of urea groups is 1. The van der Waals surface area contributed by atoms with Gasteiger partial charge in [-0.2, -0.15) is 0 Å². The molecule has 6 nitrogen and oxygen atoms in total. The van der Waals surface area contributed by atoms with Gasteiger partial charge in [0.25, 0.3) is 0 Å². The maximum Gasteiger partial charge on any atom is 0.319 e. The molecule has 23 heavy (non-hydrogen) atoms. The number of nitrogens with zero attached hydrogens (tertiary/aromatic N) is 1. The van der Waals surface area contributed by atoms with Crippen molar-refractivity contribution in [3.05, 3.63) is 30.3 Å². The molecule has 2 fully saturated rings. The smallest absolute Gasteiger partial charge is 0.319 e. The molecule has 124 valence electrons. The molecule has 2 atom stereocenters. The van der Waals surface area contributed by atoms with E-state index in [4.69, 9.17) is 0 Å². The second kappa shape index (κ2) is 7.70. The largest absolute Gasteiger partial charge is 0.338 e. The first-order valence-corrected chi connectivity index (χ1v) is 9.07. The highest BCUT2D eigenvalue weighted by Crippen LogP contribution is 2.19. The molecule has 7 heteroatoms. The highest BCUT2D eigenvalue weighted by Gasteiger charge is 2.33. The van der Waals surface area contributed by atoms with Gasteiger partial charge in [0, 0.05) is 31.1 Å². The van der Waals surface area contributed by atoms with Gasteiger partial charge in [0.15, 0.2) is 0 Å². The molecule has 0 spiro atoms. The van der Waals surface area contributed by atoms with E-state index in [1.165, 1.54) is 0 Å². The Hall–Kier alpha value is -1.73. The Morgan fingerprint density at radius 1 is 1.30 bits per heavy atom. The van der Waals surface area contributed by atoms with E-state index in [1.54, 1.807) is 11.8 Å². The van der Waals surface area contributed by atoms with E-state index in [0.717, 1.165) is 36.8 Å². The zero-order chi connectivity index (χ0) is 16.1. The third-order valence-corrected chi connectivity index (χ3v) is 5.13. The van der Waals surface area contributed by atoms with Gasteiger partial charge >= 0.3 is 6.03 Å². The summed E-state index contributed by atoms with van der Waals surface area (Å²) in [5.74, 6) is 2.33. The summed E-state index contributed by atoms with van der Waals surface area (Å²) in [6, 6.07) is 9.05. The maximum atomic E-state index is 12.3. The number of thioether (sulfide) groups is 1. The molecule has 3 N–H and O–H groups in total. The van der Waals surface area contributed by atoms with Crippen molar-refractivity contribution in [1.29, 1.82) is 0 Å². The molecule has 3 rings (SSSR count). The van der Waals surface area contributed by atoms with Crippen LogP contribution in [0.3, 0.4) is 0 Å². The normalized spacial score (nSPS) is 23.7. The molecule has 0 radical (unpaired) electrons. The molecule has 3 amide bonds. The molecule has 1 aromatic rings. The molecule has 1 aromatic carbocycles. The average Bonchev–Trinajstić information content (AvgIpc) is 3.25. The van der Waals surface area contributed by atoms with E-state index in [-0.39, 0.29) is 18.0 Å². The fraction of sp³-hybridized carbons (Fsp3) is 0.500. The Labute approximate surface area is 140 Å². The standard InChI is InChI=1S/C16H22N4O2S/c21-15(20-6-7-23-11-20)14-8-12(9-17-14)10-18-16(22)19-13-4-2-1-3-5-13/h1-5,12,14,17H,6-11H2,(H2,18,19,22). The number of amides is 3. The Balaban J connectivity index is 1.39. The van der Waals surface area contributed by atoms with Gasteiger partial charge in [0.1, 0.15) is 0 Å². The zero-order valence-electron chi connectivity index (χ0n) is 13.0. The molecule has 2 aliphatic rings. The van der Waals surface area contributed by atoms with Crippen LogP contribution in [0, 0.1) is 5.92 Å². The van der Waals surface area contributed by atoms with Gasteiger partial charge in [-0.15, -0.1) is 11.8 Å². The van der Waals surface area contributed by atoms with E-state index in [1.807, 2.05) is 35.2 Å². The summed E-state index contributed by atoms with van der Waals surface area (Å²) in [4.78, 5) is 26.1. The van der Waals surface area contributed by atoms with Crippen LogP contribution < -0.4 is 16.0 Å². The number of benzene rings is 1. The van der Waals surface area contributed by atoms with Crippen molar-refractivity contribution in [1.82, 2.24) is 15.5 Å². The number of hydrogen-bond acceptors (Lipinski definition) is 4. The monoisotopic (exact) mass is 334 g/mol. The van der Waals surface area contributed by atoms with Gasteiger partial charge in [0.05, 0.1) is 11.9 Å². The lowest BCUT2D eigenvalue weighted by molar-refractivity contribution is -0.131. The zero-order valence-corrected chi connectivity index (χ0v) is 13.8. The predicted molar refractivity (Wildman–Crippen MR) is 92.4 cm³/mol. The number of nitrogens with one attached hydrogen (secondary N) is 3. The van der Waals surface area contributed by atoms with E-state index < -0.39 is 0 Å². The molecular weight excluding hydrogens is 312 g/mol. The lowest BCUT2D eigenvalue weighted by Gasteiger charge is -2.19. The minimum Gasteiger partial charge on any atom is -0.338 e. The molecular formula is C16H22N4O2S. The van der Waals surface area contributed by atoms with Crippen LogP contribution in [0.15, 0.2) is 30.3 Å². The quantitative estimate of drug-likeness (QED) is 0.776. The molecule has 2 saturated heterocycles. The fourth-order valence-corrected chi connectivity index (χ4v) is 3.85. The molecule has 0 bridgehead atoms. The van der Waals surface area contributed by atoms with Crippen LogP contribution in [0.4, 0.5) is 10.5 Å². The molecule has 0 saturated carbocycles. The Morgan fingerprint density at radius 2 is 2.13 bits per heavy atom. The van der Waals surface area contributed by atoms with Crippen molar-refractivity contribution >= 4 is 29.4 Å². The summed E-state index contributed by atoms with van der Waals surface area (Å²) in [7, 11) is 0. The van der Waals surface area contributed by atoms with E-state index in [0.29, 0.717) is 12.5 Å². The van der Waals surface area contributed by atoms with Crippen LogP contribution in [0.2, 0.25) is 0 Å². The van der Waals surface area contributed by atoms with Gasteiger partial charge < -0.3 is 20.9 Å². The van der Waals surface area contributed by atoms with Crippen LogP contribution >= 0.6 is 11.8 Å². The van der Waals surface area contributed by atoms with Crippen molar-refractivity contribution < 1.29 is 9.59 Å². The lowest BCUT2D eigenvalue weighted by atomic mass is 10.1. The third-order valence-electron chi connectivity index (χ3n) is 4.17. The van der Waals surface area contributed by atoms with Crippen LogP contribution in [0.1, 0.15) is 6.42 Å². The van der Waals surface area contributed by atoms with Crippen LogP contribution in [-0.4, -0.2) is 54.1 Å². The Bertz CT molecular complexity index is 548. The predicted octanol–water partition coefficient (Wildman–Crippen LogP) is 1.32. The first-order valence-electron chi connectivity index (χ1n) is 7.92. The van der Waals surface area contributed by atoms with Gasteiger partial charge in [-0.3, -0.25) is 4.79 Å². The summed E-state index contributed by atoms with van der Waals surface area (Å²) in [5.41, 5.74) is 0.772. The number of para-hydroxylation sites is 1. The number of hydrogen-bond donors (Lipinski definition) is 3. The van der Waals surface area contributed by atoms with E-state index in [2.05, 4.69) is 16.0 Å². The van der Waals surface area contributed by atoms with Crippen molar-refractivity contribution in [3.8, 4) is 0 Å². The first-order chi connectivity index (χ1) is 11.2. The average molecular weight is 334 g/mol. The Kier molecular flexibility index (Phi) is 5.40. The van der Waals surface area contributed by atoms with Crippen molar-refractivity contribution in [3.63, 3.8) is 0 Å². The van der Waals surface area contributed by atoms with Gasteiger partial charge in [0.2, 0.25) is 5.91 Å². The number of carbonyl (C=O) groups excluding carboxylic acids is 2. The summed E-state index contributed by atoms with van der Waals surface area (Å²) in [6.45, 7) is 2.19. The highest BCUT2D eigenvalue weighted by molar-refractivity contribution is 7.99. The van der Waals surface area contributed by atoms with Gasteiger partial charge in [-0.25, -0.2) is 4.79 Å². The second-order valence-electron chi connectivity index (χ2n) is 5.90. The summed E-state index contributed by atoms with van der Waals surface area (Å²) in [6.07, 6.45) is 0.783. The SMILES string of the molecule is O=C(NCC1CNC(C(=O)N2CCSC2)C1)Nc1ccccc1. The van der Waals surface area contributed by atoms with Crippen molar-refractivity contribution in [2.75, 3.05) is 36.6 Å². The van der Waals surface area contributed by atoms with Crippen molar-refractivity contribution in [2.45, 2.75) is 12.5 Å². The molecule has 2 unspecified atom stereocenters. The molecule has 2 heterocycles. The summed E-state index contributed by atoms with van der Waals surface area (Å²) < 4.78 is 0. The van der Waals surface area contributed by atoms with Crippen molar-refractivity contribution in [2.24, 2.45) is 5.92 Å². The van der Waals surface area contributed by atoms with Crippen LogP contribution in [0.5, 0.6) is 0 Å². The molecule has 0 aliphatic carbocycles. The number of carbonyl (C=O) groups is 2. The third kappa shape index (κ3) is 4.39. The molecule has 0 aromatic heterocycles. The first kappa shape index (κ1) is 16.1. The van der Waals surface area contributed by atoms with E-state index >= 15 is 0 Å². The summed E-state index contributed by atoms with van der Waals surface area (Å²) in [5, 5.41) is 8.96. The minimum atomic E-state index is -0.207. The fourth-order valence-electron chi connectivity index (χ4n) is 2.89. The topological polar surface area (TPSA) is 73.5 Å². The number of anilines is 1. The maximum absolute atomic E-state index is 12.3. The Morgan fingerprint density at radius 3 is 2.87 bits per heavy atom.